The lowest BCUT2D eigenvalue weighted by Gasteiger charge is -2.34. The van der Waals surface area contributed by atoms with Gasteiger partial charge in [0.1, 0.15) is 5.82 Å². The summed E-state index contributed by atoms with van der Waals surface area (Å²) in [6.07, 6.45) is 3.52. The van der Waals surface area contributed by atoms with Gasteiger partial charge in [0.05, 0.1) is 15.8 Å². The number of thiophene rings is 1. The summed E-state index contributed by atoms with van der Waals surface area (Å²) >= 11 is 1.66. The molecule has 3 N–H and O–H groups in total. The van der Waals surface area contributed by atoms with Crippen LogP contribution >= 0.6 is 11.3 Å². The van der Waals surface area contributed by atoms with Gasteiger partial charge in [0.2, 0.25) is 5.95 Å². The molecule has 0 amide bonds. The highest BCUT2D eigenvalue weighted by atomic mass is 32.1. The maximum atomic E-state index is 10.3. The van der Waals surface area contributed by atoms with Gasteiger partial charge in [-0.2, -0.15) is 4.98 Å². The number of hydrogen-bond acceptors (Lipinski definition) is 8. The Morgan fingerprint density at radius 1 is 1.03 bits per heavy atom. The average molecular weight is 453 g/mol. The number of aliphatic hydroxyl groups is 1. The smallest absolute Gasteiger partial charge is 0.229 e. The standard InChI is InChI=1S/C24H32N6OS/c1-24(31)10-7-18(8-11-24)25-22-21-20(9-16-32-21)27-23(28-22)26-17-3-5-19(6-4-17)30-14-12-29(2)13-15-30/h3-6,9,16,18,31H,7-8,10-15H2,1-2H3,(H2,25,26,27,28). The minimum Gasteiger partial charge on any atom is -0.390 e. The van der Waals surface area contributed by atoms with Gasteiger partial charge in [-0.3, -0.25) is 0 Å². The van der Waals surface area contributed by atoms with Crippen LogP contribution in [0.3, 0.4) is 0 Å². The molecule has 1 aliphatic heterocycles. The van der Waals surface area contributed by atoms with Crippen molar-refractivity contribution in [1.29, 1.82) is 0 Å². The predicted molar refractivity (Wildman–Crippen MR) is 133 cm³/mol. The van der Waals surface area contributed by atoms with Crippen LogP contribution in [0.2, 0.25) is 0 Å². The van der Waals surface area contributed by atoms with Crippen LogP contribution in [-0.4, -0.2) is 64.8 Å². The van der Waals surface area contributed by atoms with Crippen molar-refractivity contribution in [2.75, 3.05) is 48.8 Å². The topological polar surface area (TPSA) is 76.5 Å². The van der Waals surface area contributed by atoms with Gasteiger partial charge in [-0.15, -0.1) is 11.3 Å². The van der Waals surface area contributed by atoms with Crippen molar-refractivity contribution in [2.45, 2.75) is 44.2 Å². The molecule has 3 heterocycles. The van der Waals surface area contributed by atoms with E-state index in [1.807, 2.05) is 13.0 Å². The van der Waals surface area contributed by atoms with E-state index in [-0.39, 0.29) is 0 Å². The first kappa shape index (κ1) is 21.4. The largest absolute Gasteiger partial charge is 0.390 e. The summed E-state index contributed by atoms with van der Waals surface area (Å²) in [6, 6.07) is 10.9. The first-order valence-electron chi connectivity index (χ1n) is 11.5. The Balaban J connectivity index is 1.30. The minimum absolute atomic E-state index is 0.325. The fourth-order valence-electron chi connectivity index (χ4n) is 4.54. The van der Waals surface area contributed by atoms with Crippen LogP contribution in [0, 0.1) is 0 Å². The lowest BCUT2D eigenvalue weighted by atomic mass is 9.84. The zero-order valence-electron chi connectivity index (χ0n) is 18.8. The highest BCUT2D eigenvalue weighted by Crippen LogP contribution is 2.33. The second-order valence-corrected chi connectivity index (χ2v) is 10.3. The van der Waals surface area contributed by atoms with Crippen molar-refractivity contribution in [3.05, 3.63) is 35.7 Å². The number of hydrogen-bond donors (Lipinski definition) is 3. The second-order valence-electron chi connectivity index (χ2n) is 9.41. The summed E-state index contributed by atoms with van der Waals surface area (Å²) in [6.45, 7) is 6.26. The van der Waals surface area contributed by atoms with Gasteiger partial charge in [0.25, 0.3) is 0 Å². The zero-order valence-corrected chi connectivity index (χ0v) is 19.7. The lowest BCUT2D eigenvalue weighted by Crippen LogP contribution is -2.44. The van der Waals surface area contributed by atoms with Gasteiger partial charge >= 0.3 is 0 Å². The van der Waals surface area contributed by atoms with Crippen molar-refractivity contribution < 1.29 is 5.11 Å². The van der Waals surface area contributed by atoms with Gasteiger partial charge < -0.3 is 25.5 Å². The number of nitrogens with one attached hydrogen (secondary N) is 2. The summed E-state index contributed by atoms with van der Waals surface area (Å²) in [5.41, 5.74) is 2.66. The first-order chi connectivity index (χ1) is 15.4. The van der Waals surface area contributed by atoms with E-state index >= 15 is 0 Å². The molecule has 5 rings (SSSR count). The zero-order chi connectivity index (χ0) is 22.1. The van der Waals surface area contributed by atoms with E-state index in [2.05, 4.69) is 57.1 Å². The number of anilines is 4. The van der Waals surface area contributed by atoms with E-state index in [0.717, 1.165) is 73.6 Å². The Kier molecular flexibility index (Phi) is 5.92. The molecular formula is C24H32N6OS. The number of nitrogens with zero attached hydrogens (tertiary/aromatic N) is 4. The molecule has 1 aromatic carbocycles. The van der Waals surface area contributed by atoms with Crippen LogP contribution in [0.1, 0.15) is 32.6 Å². The summed E-state index contributed by atoms with van der Waals surface area (Å²) < 4.78 is 1.08. The van der Waals surface area contributed by atoms with Crippen molar-refractivity contribution in [2.24, 2.45) is 0 Å². The van der Waals surface area contributed by atoms with Gasteiger partial charge in [-0.1, -0.05) is 0 Å². The van der Waals surface area contributed by atoms with Gasteiger partial charge in [-0.05, 0) is 75.4 Å². The van der Waals surface area contributed by atoms with Crippen LogP contribution in [0.4, 0.5) is 23.1 Å². The van der Waals surface area contributed by atoms with Crippen LogP contribution < -0.4 is 15.5 Å². The van der Waals surface area contributed by atoms with E-state index in [0.29, 0.717) is 12.0 Å². The van der Waals surface area contributed by atoms with Crippen molar-refractivity contribution in [3.8, 4) is 0 Å². The molecule has 0 radical (unpaired) electrons. The Bertz CT molecular complexity index is 1050. The second kappa shape index (κ2) is 8.84. The fourth-order valence-corrected chi connectivity index (χ4v) is 5.33. The monoisotopic (exact) mass is 452 g/mol. The number of rotatable bonds is 5. The molecule has 32 heavy (non-hydrogen) atoms. The van der Waals surface area contributed by atoms with E-state index in [9.17, 15) is 5.11 Å². The molecular weight excluding hydrogens is 420 g/mol. The van der Waals surface area contributed by atoms with Crippen LogP contribution in [0.25, 0.3) is 10.2 Å². The molecule has 1 saturated heterocycles. The molecule has 0 spiro atoms. The predicted octanol–water partition coefficient (Wildman–Crippen LogP) is 4.29. The van der Waals surface area contributed by atoms with E-state index in [4.69, 9.17) is 9.97 Å². The summed E-state index contributed by atoms with van der Waals surface area (Å²) in [5.74, 6) is 1.49. The number of benzene rings is 1. The van der Waals surface area contributed by atoms with E-state index in [1.54, 1.807) is 11.3 Å². The first-order valence-corrected chi connectivity index (χ1v) is 12.4. The molecule has 0 unspecified atom stereocenters. The molecule has 0 bridgehead atoms. The quantitative estimate of drug-likeness (QED) is 0.533. The number of aromatic nitrogens is 2. The highest BCUT2D eigenvalue weighted by Gasteiger charge is 2.29. The lowest BCUT2D eigenvalue weighted by molar-refractivity contribution is 0.0196. The third kappa shape index (κ3) is 4.82. The van der Waals surface area contributed by atoms with Gasteiger partial charge in [0, 0.05) is 43.6 Å². The Labute approximate surface area is 193 Å². The molecule has 8 heteroatoms. The van der Waals surface area contributed by atoms with E-state index < -0.39 is 5.60 Å². The van der Waals surface area contributed by atoms with E-state index in [1.165, 1.54) is 5.69 Å². The Morgan fingerprint density at radius 3 is 2.47 bits per heavy atom. The Morgan fingerprint density at radius 2 is 1.75 bits per heavy atom. The summed E-state index contributed by atoms with van der Waals surface area (Å²) in [4.78, 5) is 14.3. The summed E-state index contributed by atoms with van der Waals surface area (Å²) in [5, 5.41) is 19.3. The number of likely N-dealkylation sites (N-methyl/N-ethyl adjacent to an activating group) is 1. The molecule has 170 valence electrons. The van der Waals surface area contributed by atoms with Crippen LogP contribution in [0.5, 0.6) is 0 Å². The van der Waals surface area contributed by atoms with Crippen molar-refractivity contribution >= 4 is 44.7 Å². The molecule has 2 aromatic heterocycles. The van der Waals surface area contributed by atoms with Gasteiger partial charge in [0.15, 0.2) is 0 Å². The normalized spacial score (nSPS) is 24.6. The highest BCUT2D eigenvalue weighted by molar-refractivity contribution is 7.17. The van der Waals surface area contributed by atoms with Crippen LogP contribution in [-0.2, 0) is 0 Å². The summed E-state index contributed by atoms with van der Waals surface area (Å²) in [7, 11) is 2.18. The third-order valence-electron chi connectivity index (χ3n) is 6.70. The van der Waals surface area contributed by atoms with Crippen molar-refractivity contribution in [1.82, 2.24) is 14.9 Å². The van der Waals surface area contributed by atoms with Crippen molar-refractivity contribution in [3.63, 3.8) is 0 Å². The number of fused-ring (bicyclic) bond motifs is 1. The third-order valence-corrected chi connectivity index (χ3v) is 7.61. The molecule has 2 aliphatic rings. The Hall–Kier alpha value is -2.42. The molecule has 7 nitrogen and oxygen atoms in total. The fraction of sp³-hybridized carbons (Fsp3) is 0.500. The van der Waals surface area contributed by atoms with Gasteiger partial charge in [-0.25, -0.2) is 4.98 Å². The average Bonchev–Trinajstić information content (AvgIpc) is 3.25. The number of piperazine rings is 1. The molecule has 2 fully saturated rings. The SMILES string of the molecule is CN1CCN(c2ccc(Nc3nc(NC4CCC(C)(O)CC4)c4sccc4n3)cc2)CC1. The molecule has 3 aromatic rings. The molecule has 1 saturated carbocycles. The van der Waals surface area contributed by atoms with Crippen LogP contribution in [0.15, 0.2) is 35.7 Å². The molecule has 1 aliphatic carbocycles. The maximum Gasteiger partial charge on any atom is 0.229 e. The molecule has 0 atom stereocenters. The maximum absolute atomic E-state index is 10.3. The minimum atomic E-state index is -0.537.